The quantitative estimate of drug-likeness (QED) is 0.781. The monoisotopic (exact) mass is 341 g/mol. The molecule has 3 aromatic rings. The van der Waals surface area contributed by atoms with E-state index in [1.807, 2.05) is 44.2 Å². The minimum Gasteiger partial charge on any atom is -0.323 e. The summed E-state index contributed by atoms with van der Waals surface area (Å²) in [4.78, 5) is 12.3. The first-order chi connectivity index (χ1) is 12.0. The van der Waals surface area contributed by atoms with Crippen LogP contribution in [0.1, 0.15) is 17.0 Å². The number of aromatic nitrogens is 2. The molecule has 0 aliphatic rings. The number of halogens is 2. The molecular weight excluding hydrogens is 324 g/mol. The minimum atomic E-state index is -0.678. The van der Waals surface area contributed by atoms with Gasteiger partial charge in [-0.2, -0.15) is 5.10 Å². The number of carbonyl (C=O) groups excluding carboxylic acids is 1. The van der Waals surface area contributed by atoms with Crippen molar-refractivity contribution < 1.29 is 13.6 Å². The van der Waals surface area contributed by atoms with Crippen molar-refractivity contribution >= 4 is 11.6 Å². The molecule has 3 rings (SSSR count). The van der Waals surface area contributed by atoms with E-state index in [2.05, 4.69) is 10.4 Å². The number of aryl methyl sites for hydroxylation is 1. The highest BCUT2D eigenvalue weighted by molar-refractivity contribution is 5.92. The number of hydrogen-bond acceptors (Lipinski definition) is 2. The van der Waals surface area contributed by atoms with E-state index in [4.69, 9.17) is 0 Å². The van der Waals surface area contributed by atoms with Crippen molar-refractivity contribution in [1.29, 1.82) is 0 Å². The molecule has 6 heteroatoms. The van der Waals surface area contributed by atoms with E-state index in [-0.39, 0.29) is 12.1 Å². The summed E-state index contributed by atoms with van der Waals surface area (Å²) < 4.78 is 28.6. The number of rotatable bonds is 4. The van der Waals surface area contributed by atoms with Crippen molar-refractivity contribution in [2.45, 2.75) is 20.3 Å². The summed E-state index contributed by atoms with van der Waals surface area (Å²) in [6.45, 7) is 3.69. The van der Waals surface area contributed by atoms with E-state index in [0.717, 1.165) is 40.8 Å². The second-order valence-electron chi connectivity index (χ2n) is 5.75. The molecule has 1 amide bonds. The van der Waals surface area contributed by atoms with Crippen LogP contribution in [0.5, 0.6) is 0 Å². The molecule has 0 fully saturated rings. The summed E-state index contributed by atoms with van der Waals surface area (Å²) in [7, 11) is 0. The lowest BCUT2D eigenvalue weighted by Gasteiger charge is -2.08. The lowest BCUT2D eigenvalue weighted by atomic mass is 10.1. The Morgan fingerprint density at radius 3 is 2.56 bits per heavy atom. The van der Waals surface area contributed by atoms with Crippen molar-refractivity contribution in [2.75, 3.05) is 5.32 Å². The lowest BCUT2D eigenvalue weighted by molar-refractivity contribution is -0.115. The van der Waals surface area contributed by atoms with Crippen molar-refractivity contribution in [3.8, 4) is 5.69 Å². The Kier molecular flexibility index (Phi) is 4.61. The Balaban J connectivity index is 1.82. The summed E-state index contributed by atoms with van der Waals surface area (Å²) in [5, 5.41) is 6.89. The van der Waals surface area contributed by atoms with Gasteiger partial charge in [-0.05, 0) is 38.1 Å². The van der Waals surface area contributed by atoms with Crippen LogP contribution in [0.3, 0.4) is 0 Å². The van der Waals surface area contributed by atoms with E-state index in [1.165, 1.54) is 0 Å². The Hall–Kier alpha value is -3.02. The zero-order valence-corrected chi connectivity index (χ0v) is 13.9. The van der Waals surface area contributed by atoms with Gasteiger partial charge in [0.25, 0.3) is 0 Å². The van der Waals surface area contributed by atoms with Crippen LogP contribution >= 0.6 is 0 Å². The number of carbonyl (C=O) groups is 1. The molecule has 25 heavy (non-hydrogen) atoms. The smallest absolute Gasteiger partial charge is 0.229 e. The van der Waals surface area contributed by atoms with Gasteiger partial charge in [-0.3, -0.25) is 4.79 Å². The van der Waals surface area contributed by atoms with Crippen molar-refractivity contribution in [1.82, 2.24) is 9.78 Å². The fourth-order valence-corrected chi connectivity index (χ4v) is 2.70. The molecule has 0 aliphatic heterocycles. The number of para-hydroxylation sites is 1. The second-order valence-corrected chi connectivity index (χ2v) is 5.75. The molecule has 0 radical (unpaired) electrons. The summed E-state index contributed by atoms with van der Waals surface area (Å²) in [5.74, 6) is -1.72. The maximum absolute atomic E-state index is 13.7. The molecule has 1 heterocycles. The molecule has 1 aromatic heterocycles. The van der Waals surface area contributed by atoms with Gasteiger partial charge in [0.15, 0.2) is 0 Å². The Morgan fingerprint density at radius 1 is 1.12 bits per heavy atom. The zero-order chi connectivity index (χ0) is 18.0. The van der Waals surface area contributed by atoms with Crippen molar-refractivity contribution in [3.05, 3.63) is 77.1 Å². The first-order valence-electron chi connectivity index (χ1n) is 7.81. The van der Waals surface area contributed by atoms with Gasteiger partial charge in [-0.15, -0.1) is 0 Å². The molecule has 128 valence electrons. The first kappa shape index (κ1) is 16.8. The van der Waals surface area contributed by atoms with Gasteiger partial charge in [0, 0.05) is 17.3 Å². The van der Waals surface area contributed by atoms with Crippen LogP contribution < -0.4 is 5.32 Å². The van der Waals surface area contributed by atoms with Crippen LogP contribution in [-0.2, 0) is 11.2 Å². The van der Waals surface area contributed by atoms with E-state index in [9.17, 15) is 13.6 Å². The Bertz CT molecular complexity index is 920. The standard InChI is InChI=1S/C19H17F2N3O/c1-12-16(13(2)24(23-12)15-6-4-3-5-7-15)11-19(25)22-18-10-14(20)8-9-17(18)21/h3-10H,11H2,1-2H3,(H,22,25). The highest BCUT2D eigenvalue weighted by atomic mass is 19.1. The molecule has 0 saturated heterocycles. The Morgan fingerprint density at radius 2 is 1.84 bits per heavy atom. The van der Waals surface area contributed by atoms with Crippen molar-refractivity contribution in [2.24, 2.45) is 0 Å². The van der Waals surface area contributed by atoms with Crippen LogP contribution in [0.4, 0.5) is 14.5 Å². The van der Waals surface area contributed by atoms with Crippen LogP contribution in [0.2, 0.25) is 0 Å². The lowest BCUT2D eigenvalue weighted by Crippen LogP contribution is -2.16. The average Bonchev–Trinajstić information content (AvgIpc) is 2.87. The third-order valence-electron chi connectivity index (χ3n) is 3.98. The molecule has 1 N–H and O–H groups in total. The predicted molar refractivity (Wildman–Crippen MR) is 91.7 cm³/mol. The Labute approximate surface area is 144 Å². The summed E-state index contributed by atoms with van der Waals surface area (Å²) >= 11 is 0. The van der Waals surface area contributed by atoms with E-state index in [1.54, 1.807) is 4.68 Å². The third-order valence-corrected chi connectivity index (χ3v) is 3.98. The first-order valence-corrected chi connectivity index (χ1v) is 7.81. The summed E-state index contributed by atoms with van der Waals surface area (Å²) in [5.41, 5.74) is 3.04. The van der Waals surface area contributed by atoms with Crippen LogP contribution in [0.25, 0.3) is 5.69 Å². The maximum Gasteiger partial charge on any atom is 0.229 e. The largest absolute Gasteiger partial charge is 0.323 e. The number of amides is 1. The molecule has 2 aromatic carbocycles. The van der Waals surface area contributed by atoms with Crippen LogP contribution in [0.15, 0.2) is 48.5 Å². The van der Waals surface area contributed by atoms with Gasteiger partial charge in [-0.1, -0.05) is 18.2 Å². The predicted octanol–water partition coefficient (Wildman–Crippen LogP) is 3.95. The molecule has 0 spiro atoms. The van der Waals surface area contributed by atoms with Gasteiger partial charge < -0.3 is 5.32 Å². The second kappa shape index (κ2) is 6.84. The molecule has 4 nitrogen and oxygen atoms in total. The van der Waals surface area contributed by atoms with E-state index < -0.39 is 17.5 Å². The number of nitrogens with zero attached hydrogens (tertiary/aromatic N) is 2. The molecule has 0 bridgehead atoms. The zero-order valence-electron chi connectivity index (χ0n) is 13.9. The fourth-order valence-electron chi connectivity index (χ4n) is 2.70. The highest BCUT2D eigenvalue weighted by Gasteiger charge is 2.17. The van der Waals surface area contributed by atoms with Gasteiger partial charge >= 0.3 is 0 Å². The number of benzene rings is 2. The molecule has 0 saturated carbocycles. The highest BCUT2D eigenvalue weighted by Crippen LogP contribution is 2.20. The van der Waals surface area contributed by atoms with Crippen LogP contribution in [0, 0.1) is 25.5 Å². The molecular formula is C19H17F2N3O. The molecule has 0 atom stereocenters. The maximum atomic E-state index is 13.7. The normalized spacial score (nSPS) is 10.7. The van der Waals surface area contributed by atoms with Gasteiger partial charge in [0.2, 0.25) is 5.91 Å². The molecule has 0 unspecified atom stereocenters. The van der Waals surface area contributed by atoms with E-state index >= 15 is 0 Å². The molecule has 0 aliphatic carbocycles. The van der Waals surface area contributed by atoms with Gasteiger partial charge in [-0.25, -0.2) is 13.5 Å². The number of anilines is 1. The van der Waals surface area contributed by atoms with Gasteiger partial charge in [0.1, 0.15) is 11.6 Å². The topological polar surface area (TPSA) is 46.9 Å². The summed E-state index contributed by atoms with van der Waals surface area (Å²) in [6.07, 6.45) is 0.0282. The average molecular weight is 341 g/mol. The van der Waals surface area contributed by atoms with Crippen LogP contribution in [-0.4, -0.2) is 15.7 Å². The number of hydrogen-bond donors (Lipinski definition) is 1. The fraction of sp³-hybridized carbons (Fsp3) is 0.158. The summed E-state index contributed by atoms with van der Waals surface area (Å²) in [6, 6.07) is 12.5. The van der Waals surface area contributed by atoms with E-state index in [0.29, 0.717) is 0 Å². The SMILES string of the molecule is Cc1nn(-c2ccccc2)c(C)c1CC(=O)Nc1cc(F)ccc1F. The minimum absolute atomic E-state index is 0.0282. The number of nitrogens with one attached hydrogen (secondary N) is 1. The van der Waals surface area contributed by atoms with Gasteiger partial charge in [0.05, 0.1) is 23.5 Å². The van der Waals surface area contributed by atoms with Crippen molar-refractivity contribution in [3.63, 3.8) is 0 Å². The third kappa shape index (κ3) is 3.57.